The van der Waals surface area contributed by atoms with Gasteiger partial charge in [0, 0.05) is 6.07 Å². The van der Waals surface area contributed by atoms with Gasteiger partial charge in [-0.05, 0) is 12.1 Å². The van der Waals surface area contributed by atoms with Crippen LogP contribution in [-0.2, 0) is 11.1 Å². The Morgan fingerprint density at radius 2 is 1.85 bits per heavy atom. The molecule has 0 aliphatic carbocycles. The largest absolute Gasteiger partial charge is 0.493 e. The van der Waals surface area contributed by atoms with E-state index in [1.807, 2.05) is 0 Å². The predicted octanol–water partition coefficient (Wildman–Crippen LogP) is 1.28. The Labute approximate surface area is 78.8 Å². The van der Waals surface area contributed by atoms with Gasteiger partial charge in [0.1, 0.15) is 0 Å². The molecule has 0 heterocycles. The van der Waals surface area contributed by atoms with E-state index in [2.05, 4.69) is 0 Å². The van der Waals surface area contributed by atoms with Gasteiger partial charge >= 0.3 is 0 Å². The van der Waals surface area contributed by atoms with Gasteiger partial charge in [-0.2, -0.15) is 0 Å². The zero-order valence-corrected chi connectivity index (χ0v) is 8.13. The average molecular weight is 202 g/mol. The highest BCUT2D eigenvalue weighted by molar-refractivity contribution is 7.79. The van der Waals surface area contributed by atoms with Crippen molar-refractivity contribution in [1.29, 1.82) is 0 Å². The van der Waals surface area contributed by atoms with Crippen LogP contribution >= 0.6 is 0 Å². The zero-order valence-electron chi connectivity index (χ0n) is 7.31. The van der Waals surface area contributed by atoms with Crippen molar-refractivity contribution in [2.75, 3.05) is 14.2 Å². The first-order valence-corrected chi connectivity index (χ1v) is 4.62. The molecule has 72 valence electrons. The second-order valence-corrected chi connectivity index (χ2v) is 3.24. The summed E-state index contributed by atoms with van der Waals surface area (Å²) in [7, 11) is 2.98. The van der Waals surface area contributed by atoms with E-state index >= 15 is 0 Å². The molecule has 1 rings (SSSR count). The first kappa shape index (κ1) is 10.0. The average Bonchev–Trinajstić information content (AvgIpc) is 2.16. The second kappa shape index (κ2) is 4.25. The number of hydrogen-bond donors (Lipinski definition) is 1. The Hall–Kier alpha value is -1.07. The SMILES string of the molecule is COc1ccc(S(=O)O)cc1OC. The van der Waals surface area contributed by atoms with Gasteiger partial charge in [-0.1, -0.05) is 0 Å². The lowest BCUT2D eigenvalue weighted by Gasteiger charge is -2.07. The van der Waals surface area contributed by atoms with E-state index in [0.717, 1.165) is 0 Å². The van der Waals surface area contributed by atoms with Crippen molar-refractivity contribution >= 4 is 11.1 Å². The molecule has 1 unspecified atom stereocenters. The molecule has 0 saturated carbocycles. The number of ether oxygens (including phenoxy) is 2. The molecule has 1 N–H and O–H groups in total. The number of rotatable bonds is 3. The van der Waals surface area contributed by atoms with Crippen molar-refractivity contribution < 1.29 is 18.2 Å². The van der Waals surface area contributed by atoms with E-state index in [1.54, 1.807) is 6.07 Å². The molecule has 1 aromatic rings. The van der Waals surface area contributed by atoms with Crippen LogP contribution in [0.2, 0.25) is 0 Å². The van der Waals surface area contributed by atoms with Crippen LogP contribution in [-0.4, -0.2) is 23.0 Å². The van der Waals surface area contributed by atoms with Crippen molar-refractivity contribution in [2.24, 2.45) is 0 Å². The van der Waals surface area contributed by atoms with E-state index in [4.69, 9.17) is 14.0 Å². The highest BCUT2D eigenvalue weighted by Gasteiger charge is 2.06. The van der Waals surface area contributed by atoms with Gasteiger partial charge < -0.3 is 14.0 Å². The standard InChI is InChI=1S/C8H10O4S/c1-11-7-4-3-6(13(9)10)5-8(7)12-2/h3-5H,1-2H3,(H,9,10). The first-order chi connectivity index (χ1) is 6.19. The Kier molecular flexibility index (Phi) is 3.27. The molecule has 1 aromatic carbocycles. The van der Waals surface area contributed by atoms with Gasteiger partial charge in [-0.15, -0.1) is 0 Å². The topological polar surface area (TPSA) is 55.8 Å². The second-order valence-electron chi connectivity index (χ2n) is 2.27. The zero-order chi connectivity index (χ0) is 9.84. The van der Waals surface area contributed by atoms with Gasteiger partial charge in [0.2, 0.25) is 0 Å². The maximum atomic E-state index is 10.7. The molecule has 0 aromatic heterocycles. The van der Waals surface area contributed by atoms with E-state index in [1.165, 1.54) is 26.4 Å². The minimum Gasteiger partial charge on any atom is -0.493 e. The lowest BCUT2D eigenvalue weighted by Crippen LogP contribution is -1.93. The lowest BCUT2D eigenvalue weighted by atomic mass is 10.3. The van der Waals surface area contributed by atoms with Crippen molar-refractivity contribution in [3.63, 3.8) is 0 Å². The molecule has 13 heavy (non-hydrogen) atoms. The van der Waals surface area contributed by atoms with Crippen molar-refractivity contribution in [3.8, 4) is 11.5 Å². The third kappa shape index (κ3) is 2.19. The van der Waals surface area contributed by atoms with Crippen LogP contribution in [0.25, 0.3) is 0 Å². The third-order valence-corrected chi connectivity index (χ3v) is 2.21. The molecule has 1 atom stereocenters. The fourth-order valence-electron chi connectivity index (χ4n) is 0.925. The van der Waals surface area contributed by atoms with Crippen molar-refractivity contribution in [2.45, 2.75) is 4.90 Å². The molecule has 4 nitrogen and oxygen atoms in total. The summed E-state index contributed by atoms with van der Waals surface area (Å²) in [5, 5.41) is 0. The summed E-state index contributed by atoms with van der Waals surface area (Å²) in [5.41, 5.74) is 0. The number of benzene rings is 1. The Morgan fingerprint density at radius 3 is 2.31 bits per heavy atom. The maximum absolute atomic E-state index is 10.7. The highest BCUT2D eigenvalue weighted by Crippen LogP contribution is 2.28. The monoisotopic (exact) mass is 202 g/mol. The van der Waals surface area contributed by atoms with Crippen molar-refractivity contribution in [3.05, 3.63) is 18.2 Å². The predicted molar refractivity (Wildman–Crippen MR) is 48.6 cm³/mol. The van der Waals surface area contributed by atoms with Crippen LogP contribution in [0.3, 0.4) is 0 Å². The van der Waals surface area contributed by atoms with E-state index in [-0.39, 0.29) is 4.90 Å². The summed E-state index contributed by atoms with van der Waals surface area (Å²) in [6, 6.07) is 4.56. The van der Waals surface area contributed by atoms with Crippen molar-refractivity contribution in [1.82, 2.24) is 0 Å². The normalized spacial score (nSPS) is 12.2. The molecule has 5 heteroatoms. The number of hydrogen-bond acceptors (Lipinski definition) is 3. The van der Waals surface area contributed by atoms with E-state index in [9.17, 15) is 4.21 Å². The fraction of sp³-hybridized carbons (Fsp3) is 0.250. The highest BCUT2D eigenvalue weighted by atomic mass is 32.2. The third-order valence-electron chi connectivity index (χ3n) is 1.56. The molecule has 0 bridgehead atoms. The molecular formula is C8H10O4S. The quantitative estimate of drug-likeness (QED) is 0.750. The van der Waals surface area contributed by atoms with Crippen LogP contribution < -0.4 is 9.47 Å². The summed E-state index contributed by atoms with van der Waals surface area (Å²) in [5.74, 6) is 0.985. The van der Waals surface area contributed by atoms with Gasteiger partial charge in [-0.3, -0.25) is 0 Å². The van der Waals surface area contributed by atoms with E-state index < -0.39 is 11.1 Å². The van der Waals surface area contributed by atoms with Crippen LogP contribution in [0, 0.1) is 0 Å². The molecule has 0 fully saturated rings. The lowest BCUT2D eigenvalue weighted by molar-refractivity contribution is 0.354. The van der Waals surface area contributed by atoms with Crippen LogP contribution in [0.1, 0.15) is 0 Å². The molecular weight excluding hydrogens is 192 g/mol. The van der Waals surface area contributed by atoms with E-state index in [0.29, 0.717) is 11.5 Å². The Morgan fingerprint density at radius 1 is 1.23 bits per heavy atom. The fourth-order valence-corrected chi connectivity index (χ4v) is 1.32. The summed E-state index contributed by atoms with van der Waals surface area (Å²) < 4.78 is 29.4. The van der Waals surface area contributed by atoms with Gasteiger partial charge in [0.25, 0.3) is 0 Å². The van der Waals surface area contributed by atoms with Crippen LogP contribution in [0.5, 0.6) is 11.5 Å². The molecule has 0 saturated heterocycles. The van der Waals surface area contributed by atoms with Gasteiger partial charge in [-0.25, -0.2) is 4.21 Å². The molecule has 0 radical (unpaired) electrons. The summed E-state index contributed by atoms with van der Waals surface area (Å²) in [6.07, 6.45) is 0. The molecule has 0 amide bonds. The molecule has 0 aliphatic rings. The summed E-state index contributed by atoms with van der Waals surface area (Å²) in [6.45, 7) is 0. The Bertz CT molecular complexity index is 324. The summed E-state index contributed by atoms with van der Waals surface area (Å²) >= 11 is -1.99. The number of methoxy groups -OCH3 is 2. The maximum Gasteiger partial charge on any atom is 0.186 e. The van der Waals surface area contributed by atoms with Crippen LogP contribution in [0.4, 0.5) is 0 Å². The minimum atomic E-state index is -1.99. The molecule has 0 aliphatic heterocycles. The minimum absolute atomic E-state index is 0.289. The van der Waals surface area contributed by atoms with Gasteiger partial charge in [0.05, 0.1) is 19.1 Å². The summed E-state index contributed by atoms with van der Waals surface area (Å²) in [4.78, 5) is 0.289. The van der Waals surface area contributed by atoms with Crippen LogP contribution in [0.15, 0.2) is 23.1 Å². The smallest absolute Gasteiger partial charge is 0.186 e. The Balaban J connectivity index is 3.13. The first-order valence-electron chi connectivity index (χ1n) is 3.52. The van der Waals surface area contributed by atoms with Gasteiger partial charge in [0.15, 0.2) is 22.6 Å². The molecule has 0 spiro atoms.